The summed E-state index contributed by atoms with van der Waals surface area (Å²) in [5.41, 5.74) is 0. The van der Waals surface area contributed by atoms with Crippen LogP contribution in [-0.4, -0.2) is 23.3 Å². The van der Waals surface area contributed by atoms with Crippen LogP contribution in [0.1, 0.15) is 26.2 Å². The quantitative estimate of drug-likeness (QED) is 0.582. The van der Waals surface area contributed by atoms with Crippen molar-refractivity contribution in [1.82, 2.24) is 0 Å². The van der Waals surface area contributed by atoms with Gasteiger partial charge in [-0.25, -0.2) is 4.79 Å². The summed E-state index contributed by atoms with van der Waals surface area (Å²) in [4.78, 5) is 9.86. The first kappa shape index (κ1) is 13.0. The highest BCUT2D eigenvalue weighted by Gasteiger charge is 2.59. The number of hydrogen-bond acceptors (Lipinski definition) is 2. The van der Waals surface area contributed by atoms with Crippen LogP contribution in [-0.2, 0) is 4.74 Å². The summed E-state index contributed by atoms with van der Waals surface area (Å²) in [6.07, 6.45) is -8.42. The first-order chi connectivity index (χ1) is 6.23. The van der Waals surface area contributed by atoms with E-state index in [9.17, 15) is 22.4 Å². The second-order valence-electron chi connectivity index (χ2n) is 2.70. The molecule has 0 amide bonds. The Bertz CT molecular complexity index is 204. The maximum Gasteiger partial charge on any atom is 0.508 e. The van der Waals surface area contributed by atoms with Gasteiger partial charge in [-0.05, 0) is 6.42 Å². The molecule has 0 fully saturated rings. The van der Waals surface area contributed by atoms with Crippen molar-refractivity contribution in [3.05, 3.63) is 0 Å². The fraction of sp³-hybridized carbons (Fsp3) is 0.857. The van der Waals surface area contributed by atoms with Crippen molar-refractivity contribution in [2.24, 2.45) is 0 Å². The van der Waals surface area contributed by atoms with Crippen molar-refractivity contribution in [3.63, 3.8) is 0 Å². The summed E-state index contributed by atoms with van der Waals surface area (Å²) in [5, 5.41) is 7.95. The molecule has 84 valence electrons. The Hall–Kier alpha value is -1.01. The van der Waals surface area contributed by atoms with Gasteiger partial charge in [0.2, 0.25) is 0 Å². The monoisotopic (exact) mass is 218 g/mol. The molecule has 0 aliphatic carbocycles. The largest absolute Gasteiger partial charge is 0.508 e. The summed E-state index contributed by atoms with van der Waals surface area (Å²) < 4.78 is 52.3. The number of unbranched alkanes of at least 4 members (excludes halogenated alkanes) is 1. The van der Waals surface area contributed by atoms with E-state index in [2.05, 4.69) is 4.74 Å². The highest BCUT2D eigenvalue weighted by molar-refractivity contribution is 5.57. The molecule has 0 aromatic rings. The number of halogens is 4. The Labute approximate surface area is 77.7 Å². The van der Waals surface area contributed by atoms with E-state index in [0.29, 0.717) is 6.42 Å². The molecule has 1 atom stereocenters. The summed E-state index contributed by atoms with van der Waals surface area (Å²) in [7, 11) is 0. The van der Waals surface area contributed by atoms with Gasteiger partial charge in [-0.1, -0.05) is 13.3 Å². The minimum absolute atomic E-state index is 0.108. The molecule has 3 nitrogen and oxygen atoms in total. The lowest BCUT2D eigenvalue weighted by Gasteiger charge is -2.25. The molecule has 1 N–H and O–H groups in total. The first-order valence-corrected chi connectivity index (χ1v) is 3.90. The molecule has 0 aromatic heterocycles. The SMILES string of the molecule is CCCCC(F)(OC(=O)O)C(F)(F)F. The van der Waals surface area contributed by atoms with Gasteiger partial charge in [-0.15, -0.1) is 0 Å². The number of rotatable bonds is 4. The van der Waals surface area contributed by atoms with E-state index in [4.69, 9.17) is 5.11 Å². The fourth-order valence-corrected chi connectivity index (χ4v) is 0.793. The number of alkyl halides is 4. The smallest absolute Gasteiger partial charge is 0.450 e. The lowest BCUT2D eigenvalue weighted by molar-refractivity contribution is -0.318. The summed E-state index contributed by atoms with van der Waals surface area (Å²) in [5.74, 6) is -4.09. The zero-order valence-corrected chi connectivity index (χ0v) is 7.40. The minimum atomic E-state index is -5.33. The maximum absolute atomic E-state index is 13.0. The van der Waals surface area contributed by atoms with Crippen LogP contribution in [0.4, 0.5) is 22.4 Å². The third kappa shape index (κ3) is 3.39. The molecule has 0 rings (SSSR count). The van der Waals surface area contributed by atoms with Crippen molar-refractivity contribution < 1.29 is 32.2 Å². The lowest BCUT2D eigenvalue weighted by Crippen LogP contribution is -2.44. The van der Waals surface area contributed by atoms with Crippen LogP contribution in [0.15, 0.2) is 0 Å². The van der Waals surface area contributed by atoms with Gasteiger partial charge in [0.05, 0.1) is 0 Å². The molecule has 0 spiro atoms. The van der Waals surface area contributed by atoms with Crippen LogP contribution in [0.5, 0.6) is 0 Å². The normalized spacial score (nSPS) is 16.1. The molecular formula is C7H10F4O3. The Kier molecular flexibility index (Phi) is 4.15. The molecular weight excluding hydrogens is 208 g/mol. The van der Waals surface area contributed by atoms with E-state index in [1.807, 2.05) is 0 Å². The highest BCUT2D eigenvalue weighted by Crippen LogP contribution is 2.39. The molecule has 0 bridgehead atoms. The third-order valence-corrected chi connectivity index (χ3v) is 1.52. The third-order valence-electron chi connectivity index (χ3n) is 1.52. The van der Waals surface area contributed by atoms with Gasteiger partial charge in [-0.2, -0.15) is 17.6 Å². The Morgan fingerprint density at radius 3 is 2.14 bits per heavy atom. The van der Waals surface area contributed by atoms with Gasteiger partial charge < -0.3 is 9.84 Å². The van der Waals surface area contributed by atoms with Crippen LogP contribution in [0.25, 0.3) is 0 Å². The predicted octanol–water partition coefficient (Wildman–Crippen LogP) is 3.10. The number of carboxylic acid groups (broad SMARTS) is 1. The van der Waals surface area contributed by atoms with Crippen molar-refractivity contribution >= 4 is 6.16 Å². The molecule has 0 heterocycles. The van der Waals surface area contributed by atoms with Crippen LogP contribution in [0.3, 0.4) is 0 Å². The molecule has 0 aromatic carbocycles. The number of hydrogen-bond donors (Lipinski definition) is 1. The van der Waals surface area contributed by atoms with Crippen molar-refractivity contribution in [1.29, 1.82) is 0 Å². The van der Waals surface area contributed by atoms with Crippen molar-refractivity contribution in [3.8, 4) is 0 Å². The molecule has 0 aliphatic rings. The molecule has 0 saturated carbocycles. The maximum atomic E-state index is 13.0. The second kappa shape index (κ2) is 4.47. The summed E-state index contributed by atoms with van der Waals surface area (Å²) in [6, 6.07) is 0. The van der Waals surface area contributed by atoms with E-state index in [-0.39, 0.29) is 6.42 Å². The second-order valence-corrected chi connectivity index (χ2v) is 2.70. The van der Waals surface area contributed by atoms with E-state index >= 15 is 0 Å². The molecule has 0 saturated heterocycles. The van der Waals surface area contributed by atoms with Crippen molar-refractivity contribution in [2.75, 3.05) is 0 Å². The molecule has 14 heavy (non-hydrogen) atoms. The van der Waals surface area contributed by atoms with E-state index < -0.39 is 24.6 Å². The Morgan fingerprint density at radius 2 is 1.86 bits per heavy atom. The Balaban J connectivity index is 4.58. The van der Waals surface area contributed by atoms with Crippen molar-refractivity contribution in [2.45, 2.75) is 38.2 Å². The van der Waals surface area contributed by atoms with Gasteiger partial charge in [0.1, 0.15) is 0 Å². The minimum Gasteiger partial charge on any atom is -0.450 e. The topological polar surface area (TPSA) is 46.5 Å². The Morgan fingerprint density at radius 1 is 1.36 bits per heavy atom. The van der Waals surface area contributed by atoms with Crippen LogP contribution in [0.2, 0.25) is 0 Å². The molecule has 0 radical (unpaired) electrons. The standard InChI is InChI=1S/C7H10F4O3/c1-2-3-4-6(8,7(9,10)11)14-5(12)13/h2-4H2,1H3,(H,12,13). The van der Waals surface area contributed by atoms with Crippen LogP contribution < -0.4 is 0 Å². The fourth-order valence-electron chi connectivity index (χ4n) is 0.793. The highest BCUT2D eigenvalue weighted by atomic mass is 19.4. The van der Waals surface area contributed by atoms with Gasteiger partial charge in [-0.3, -0.25) is 0 Å². The molecule has 0 aliphatic heterocycles. The zero-order valence-electron chi connectivity index (χ0n) is 7.40. The predicted molar refractivity (Wildman–Crippen MR) is 38.5 cm³/mol. The summed E-state index contributed by atoms with van der Waals surface area (Å²) >= 11 is 0. The van der Waals surface area contributed by atoms with Crippen LogP contribution in [0, 0.1) is 0 Å². The van der Waals surface area contributed by atoms with E-state index in [1.54, 1.807) is 6.92 Å². The van der Waals surface area contributed by atoms with Gasteiger partial charge in [0, 0.05) is 6.42 Å². The number of carbonyl (C=O) groups is 1. The molecule has 7 heteroatoms. The molecule has 1 unspecified atom stereocenters. The van der Waals surface area contributed by atoms with E-state index in [0.717, 1.165) is 0 Å². The van der Waals surface area contributed by atoms with Gasteiger partial charge in [0.25, 0.3) is 0 Å². The summed E-state index contributed by atoms with van der Waals surface area (Å²) in [6.45, 7) is 1.55. The first-order valence-electron chi connectivity index (χ1n) is 3.90. The zero-order chi connectivity index (χ0) is 11.4. The van der Waals surface area contributed by atoms with E-state index in [1.165, 1.54) is 0 Å². The lowest BCUT2D eigenvalue weighted by atomic mass is 10.1. The average Bonchev–Trinajstić information content (AvgIpc) is 1.97. The number of ether oxygens (including phenoxy) is 1. The van der Waals surface area contributed by atoms with Gasteiger partial charge in [0.15, 0.2) is 0 Å². The van der Waals surface area contributed by atoms with Crippen LogP contribution >= 0.6 is 0 Å². The average molecular weight is 218 g/mol. The van der Waals surface area contributed by atoms with Gasteiger partial charge >= 0.3 is 18.2 Å².